The molecule has 0 aliphatic heterocycles. The molecule has 0 spiro atoms. The highest BCUT2D eigenvalue weighted by Crippen LogP contribution is 2.26. The van der Waals surface area contributed by atoms with Gasteiger partial charge < -0.3 is 4.57 Å². The minimum atomic E-state index is -0.400. The number of rotatable bonds is 7. The fourth-order valence-electron chi connectivity index (χ4n) is 4.16. The normalized spacial score (nSPS) is 11.3. The van der Waals surface area contributed by atoms with Crippen molar-refractivity contribution in [3.05, 3.63) is 110 Å². The number of nitrogens with zero attached hydrogens (tertiary/aromatic N) is 3. The van der Waals surface area contributed by atoms with Gasteiger partial charge in [0.15, 0.2) is 0 Å². The van der Waals surface area contributed by atoms with Crippen LogP contribution in [0, 0.1) is 30.9 Å². The number of hydrazone groups is 1. The minimum Gasteiger partial charge on any atom is -0.340 e. The van der Waals surface area contributed by atoms with Crippen molar-refractivity contribution in [2.24, 2.45) is 5.10 Å². The van der Waals surface area contributed by atoms with Crippen molar-refractivity contribution in [1.82, 2.24) is 9.99 Å². The number of benzene rings is 3. The zero-order valence-corrected chi connectivity index (χ0v) is 19.4. The smallest absolute Gasteiger partial charge is 0.269 e. The Morgan fingerprint density at radius 2 is 1.79 bits per heavy atom. The van der Waals surface area contributed by atoms with Gasteiger partial charge in [-0.15, -0.1) is 0 Å². The third-order valence-electron chi connectivity index (χ3n) is 6.00. The van der Waals surface area contributed by atoms with Crippen LogP contribution in [0.1, 0.15) is 33.5 Å². The molecule has 1 N–H and O–H groups in total. The van der Waals surface area contributed by atoms with Crippen molar-refractivity contribution in [3.8, 4) is 0 Å². The second-order valence-electron chi connectivity index (χ2n) is 8.43. The van der Waals surface area contributed by atoms with E-state index in [9.17, 15) is 14.9 Å². The Bertz CT molecular complexity index is 1400. The van der Waals surface area contributed by atoms with Crippen LogP contribution in [0.2, 0.25) is 0 Å². The molecule has 1 aromatic heterocycles. The van der Waals surface area contributed by atoms with Crippen LogP contribution in [0.15, 0.2) is 71.8 Å². The first-order chi connectivity index (χ1) is 16.3. The van der Waals surface area contributed by atoms with Crippen LogP contribution in [0.4, 0.5) is 5.69 Å². The highest BCUT2D eigenvalue weighted by molar-refractivity contribution is 6.01. The summed E-state index contributed by atoms with van der Waals surface area (Å²) in [6, 6.07) is 20.6. The zero-order valence-electron chi connectivity index (χ0n) is 19.4. The van der Waals surface area contributed by atoms with Crippen LogP contribution < -0.4 is 5.43 Å². The predicted molar refractivity (Wildman–Crippen MR) is 134 cm³/mol. The van der Waals surface area contributed by atoms with Gasteiger partial charge in [0, 0.05) is 40.8 Å². The second kappa shape index (κ2) is 9.70. The molecule has 34 heavy (non-hydrogen) atoms. The van der Waals surface area contributed by atoms with Gasteiger partial charge in [0.05, 0.1) is 17.6 Å². The number of hydrogen-bond donors (Lipinski definition) is 1. The van der Waals surface area contributed by atoms with E-state index in [-0.39, 0.29) is 18.0 Å². The molecule has 0 saturated carbocycles. The Balaban J connectivity index is 1.54. The lowest BCUT2D eigenvalue weighted by atomic mass is 10.0. The van der Waals surface area contributed by atoms with Crippen molar-refractivity contribution in [2.45, 2.75) is 33.7 Å². The maximum Gasteiger partial charge on any atom is 0.269 e. The number of carbonyl (C=O) groups is 1. The van der Waals surface area contributed by atoms with Crippen molar-refractivity contribution in [1.29, 1.82) is 0 Å². The van der Waals surface area contributed by atoms with Gasteiger partial charge in [-0.25, -0.2) is 5.43 Å². The summed E-state index contributed by atoms with van der Waals surface area (Å²) < 4.78 is 2.15. The van der Waals surface area contributed by atoms with Crippen molar-refractivity contribution < 1.29 is 9.72 Å². The standard InChI is InChI=1S/C27H26N4O3/c1-18-8-11-22(19(2)14-18)15-27(32)29-28-16-25-20(3)30(26-7-5-4-6-24(25)26)17-21-9-12-23(13-10-21)31(33)34/h4-14,16H,15,17H2,1-3H3,(H,29,32)/b28-16-. The molecule has 172 valence electrons. The fourth-order valence-corrected chi connectivity index (χ4v) is 4.16. The molecule has 1 heterocycles. The van der Waals surface area contributed by atoms with Gasteiger partial charge >= 0.3 is 0 Å². The Morgan fingerprint density at radius 3 is 2.50 bits per heavy atom. The van der Waals surface area contributed by atoms with Gasteiger partial charge in [0.1, 0.15) is 0 Å². The number of amides is 1. The number of para-hydroxylation sites is 1. The van der Waals surface area contributed by atoms with Crippen molar-refractivity contribution in [2.75, 3.05) is 0 Å². The number of aryl methyl sites for hydroxylation is 2. The molecule has 0 aliphatic rings. The number of carbonyl (C=O) groups excluding carboxylic acids is 1. The number of hydrogen-bond acceptors (Lipinski definition) is 4. The molecule has 0 radical (unpaired) electrons. The number of non-ortho nitro benzene ring substituents is 1. The van der Waals surface area contributed by atoms with Crippen molar-refractivity contribution in [3.63, 3.8) is 0 Å². The van der Waals surface area contributed by atoms with Crippen LogP contribution in [0.5, 0.6) is 0 Å². The van der Waals surface area contributed by atoms with E-state index < -0.39 is 4.92 Å². The fraction of sp³-hybridized carbons (Fsp3) is 0.185. The lowest BCUT2D eigenvalue weighted by molar-refractivity contribution is -0.384. The first-order valence-corrected chi connectivity index (χ1v) is 11.0. The summed E-state index contributed by atoms with van der Waals surface area (Å²) in [5.41, 5.74) is 9.85. The van der Waals surface area contributed by atoms with Gasteiger partial charge in [-0.1, -0.05) is 54.1 Å². The third-order valence-corrected chi connectivity index (χ3v) is 6.00. The molecular formula is C27H26N4O3. The molecule has 0 unspecified atom stereocenters. The van der Waals surface area contributed by atoms with Crippen LogP contribution in [0.3, 0.4) is 0 Å². The molecule has 0 saturated heterocycles. The number of aromatic nitrogens is 1. The molecule has 0 bridgehead atoms. The molecule has 4 aromatic rings. The van der Waals surface area contributed by atoms with Crippen LogP contribution in [-0.2, 0) is 17.8 Å². The quantitative estimate of drug-likeness (QED) is 0.236. The SMILES string of the molecule is Cc1ccc(CC(=O)N/N=C\c2c(C)n(Cc3ccc([N+](=O)[O-])cc3)c3ccccc23)c(C)c1. The monoisotopic (exact) mass is 454 g/mol. The van der Waals surface area contributed by atoms with Crippen molar-refractivity contribution >= 4 is 28.7 Å². The molecular weight excluding hydrogens is 428 g/mol. The molecule has 4 rings (SSSR count). The van der Waals surface area contributed by atoms with Crippen LogP contribution in [0.25, 0.3) is 10.9 Å². The third kappa shape index (κ3) is 4.88. The second-order valence-corrected chi connectivity index (χ2v) is 8.43. The van der Waals surface area contributed by atoms with E-state index in [1.54, 1.807) is 18.3 Å². The number of nitro benzene ring substituents is 1. The summed E-state index contributed by atoms with van der Waals surface area (Å²) in [6.07, 6.45) is 1.95. The average Bonchev–Trinajstić information content (AvgIpc) is 3.07. The summed E-state index contributed by atoms with van der Waals surface area (Å²) in [7, 11) is 0. The first kappa shape index (κ1) is 22.9. The maximum absolute atomic E-state index is 12.4. The molecule has 7 nitrogen and oxygen atoms in total. The number of nitro groups is 1. The summed E-state index contributed by atoms with van der Waals surface area (Å²) in [5.74, 6) is -0.171. The molecule has 0 fully saturated rings. The highest BCUT2D eigenvalue weighted by atomic mass is 16.6. The predicted octanol–water partition coefficient (Wildman–Crippen LogP) is 5.22. The largest absolute Gasteiger partial charge is 0.340 e. The van der Waals surface area contributed by atoms with Crippen LogP contribution in [-0.4, -0.2) is 21.6 Å². The van der Waals surface area contributed by atoms with E-state index in [0.29, 0.717) is 6.54 Å². The van der Waals surface area contributed by atoms with E-state index >= 15 is 0 Å². The molecule has 3 aromatic carbocycles. The lowest BCUT2D eigenvalue weighted by Crippen LogP contribution is -2.20. The van der Waals surface area contributed by atoms with Gasteiger partial charge in [-0.2, -0.15) is 5.10 Å². The van der Waals surface area contributed by atoms with Gasteiger partial charge in [0.2, 0.25) is 5.91 Å². The molecule has 0 aliphatic carbocycles. The highest BCUT2D eigenvalue weighted by Gasteiger charge is 2.14. The van der Waals surface area contributed by atoms with Gasteiger partial charge in [-0.05, 0) is 43.5 Å². The maximum atomic E-state index is 12.4. The number of nitrogens with one attached hydrogen (secondary N) is 1. The molecule has 7 heteroatoms. The Hall–Kier alpha value is -4.26. The zero-order chi connectivity index (χ0) is 24.2. The Morgan fingerprint density at radius 1 is 1.06 bits per heavy atom. The topological polar surface area (TPSA) is 89.5 Å². The van der Waals surface area contributed by atoms with E-state index in [1.165, 1.54) is 17.7 Å². The molecule has 0 atom stereocenters. The minimum absolute atomic E-state index is 0.0715. The summed E-state index contributed by atoms with van der Waals surface area (Å²) in [6.45, 7) is 6.60. The van der Waals surface area contributed by atoms with E-state index in [1.807, 2.05) is 57.2 Å². The summed E-state index contributed by atoms with van der Waals surface area (Å²) in [5, 5.41) is 16.2. The van der Waals surface area contributed by atoms with E-state index in [2.05, 4.69) is 21.2 Å². The van der Waals surface area contributed by atoms with Gasteiger partial charge in [-0.3, -0.25) is 14.9 Å². The summed E-state index contributed by atoms with van der Waals surface area (Å²) >= 11 is 0. The summed E-state index contributed by atoms with van der Waals surface area (Å²) in [4.78, 5) is 23.0. The molecule has 1 amide bonds. The Kier molecular flexibility index (Phi) is 6.54. The lowest BCUT2D eigenvalue weighted by Gasteiger charge is -2.08. The average molecular weight is 455 g/mol. The first-order valence-electron chi connectivity index (χ1n) is 11.0. The Labute approximate surface area is 197 Å². The van der Waals surface area contributed by atoms with Gasteiger partial charge in [0.25, 0.3) is 5.69 Å². The number of fused-ring (bicyclic) bond motifs is 1. The van der Waals surface area contributed by atoms with Crippen LogP contribution >= 0.6 is 0 Å². The van der Waals surface area contributed by atoms with E-state index in [0.717, 1.165) is 38.9 Å². The van der Waals surface area contributed by atoms with E-state index in [4.69, 9.17) is 0 Å².